The maximum atomic E-state index is 12.1. The molecule has 0 saturated carbocycles. The predicted octanol–water partition coefficient (Wildman–Crippen LogP) is 2.41. The van der Waals surface area contributed by atoms with Crippen molar-refractivity contribution in [3.8, 4) is 5.69 Å². The van der Waals surface area contributed by atoms with Gasteiger partial charge in [0.2, 0.25) is 0 Å². The van der Waals surface area contributed by atoms with E-state index < -0.39 is 0 Å². The standard InChI is InChI=1S/C15H19BrN4O/c1-11-14(15(21)18-9-3-2-8-17)10-19-20(11)13-6-4-12(16)5-7-13/h4-7,10H,2-3,8-9,17H2,1H3,(H,18,21). The van der Waals surface area contributed by atoms with E-state index >= 15 is 0 Å². The van der Waals surface area contributed by atoms with E-state index in [1.165, 1.54) is 0 Å². The lowest BCUT2D eigenvalue weighted by Gasteiger charge is -2.06. The number of rotatable bonds is 6. The molecule has 0 atom stereocenters. The third kappa shape index (κ3) is 3.92. The van der Waals surface area contributed by atoms with Crippen molar-refractivity contribution in [2.24, 2.45) is 5.73 Å². The molecule has 1 amide bonds. The summed E-state index contributed by atoms with van der Waals surface area (Å²) in [5.74, 6) is -0.0899. The molecule has 21 heavy (non-hydrogen) atoms. The molecule has 3 N–H and O–H groups in total. The SMILES string of the molecule is Cc1c(C(=O)NCCCCN)cnn1-c1ccc(Br)cc1. The lowest BCUT2D eigenvalue weighted by Crippen LogP contribution is -2.25. The van der Waals surface area contributed by atoms with Crippen LogP contribution < -0.4 is 11.1 Å². The van der Waals surface area contributed by atoms with E-state index in [9.17, 15) is 4.79 Å². The van der Waals surface area contributed by atoms with E-state index in [2.05, 4.69) is 26.3 Å². The largest absolute Gasteiger partial charge is 0.352 e. The Morgan fingerprint density at radius 3 is 2.71 bits per heavy atom. The summed E-state index contributed by atoms with van der Waals surface area (Å²) in [5.41, 5.74) is 7.79. The van der Waals surface area contributed by atoms with E-state index in [4.69, 9.17) is 5.73 Å². The number of amides is 1. The van der Waals surface area contributed by atoms with E-state index in [0.717, 1.165) is 28.7 Å². The van der Waals surface area contributed by atoms with Gasteiger partial charge in [0.15, 0.2) is 0 Å². The minimum absolute atomic E-state index is 0.0899. The Labute approximate surface area is 132 Å². The Bertz CT molecular complexity index is 607. The average Bonchev–Trinajstić information content (AvgIpc) is 2.86. The maximum Gasteiger partial charge on any atom is 0.254 e. The molecule has 0 saturated heterocycles. The maximum absolute atomic E-state index is 12.1. The Balaban J connectivity index is 2.09. The van der Waals surface area contributed by atoms with Crippen molar-refractivity contribution < 1.29 is 4.79 Å². The van der Waals surface area contributed by atoms with E-state index in [1.54, 1.807) is 10.9 Å². The lowest BCUT2D eigenvalue weighted by atomic mass is 10.2. The highest BCUT2D eigenvalue weighted by atomic mass is 79.9. The summed E-state index contributed by atoms with van der Waals surface area (Å²) < 4.78 is 2.77. The smallest absolute Gasteiger partial charge is 0.254 e. The van der Waals surface area contributed by atoms with Crippen molar-refractivity contribution in [3.63, 3.8) is 0 Å². The van der Waals surface area contributed by atoms with E-state index in [-0.39, 0.29) is 5.91 Å². The highest BCUT2D eigenvalue weighted by Crippen LogP contribution is 2.17. The highest BCUT2D eigenvalue weighted by Gasteiger charge is 2.14. The van der Waals surface area contributed by atoms with Gasteiger partial charge in [0.05, 0.1) is 23.1 Å². The van der Waals surface area contributed by atoms with Gasteiger partial charge >= 0.3 is 0 Å². The van der Waals surface area contributed by atoms with Gasteiger partial charge in [-0.2, -0.15) is 5.10 Å². The molecule has 5 nitrogen and oxygen atoms in total. The van der Waals surface area contributed by atoms with Crippen molar-refractivity contribution in [2.75, 3.05) is 13.1 Å². The number of carbonyl (C=O) groups excluding carboxylic acids is 1. The predicted molar refractivity (Wildman–Crippen MR) is 86.6 cm³/mol. The van der Waals surface area contributed by atoms with Crippen LogP contribution in [-0.2, 0) is 0 Å². The van der Waals surface area contributed by atoms with Gasteiger partial charge in [0, 0.05) is 11.0 Å². The number of benzene rings is 1. The molecule has 0 aliphatic heterocycles. The zero-order valence-electron chi connectivity index (χ0n) is 12.0. The van der Waals surface area contributed by atoms with Gasteiger partial charge in [-0.3, -0.25) is 4.79 Å². The first kappa shape index (κ1) is 15.7. The molecule has 0 bridgehead atoms. The first-order valence-electron chi connectivity index (χ1n) is 6.92. The number of nitrogens with one attached hydrogen (secondary N) is 1. The highest BCUT2D eigenvalue weighted by molar-refractivity contribution is 9.10. The molecule has 2 aromatic rings. The molecule has 0 aliphatic rings. The summed E-state index contributed by atoms with van der Waals surface area (Å²) in [6.07, 6.45) is 3.41. The fourth-order valence-corrected chi connectivity index (χ4v) is 2.31. The zero-order chi connectivity index (χ0) is 15.2. The van der Waals surface area contributed by atoms with Crippen LogP contribution >= 0.6 is 15.9 Å². The minimum atomic E-state index is -0.0899. The summed E-state index contributed by atoms with van der Waals surface area (Å²) in [4.78, 5) is 12.1. The van der Waals surface area contributed by atoms with Crippen molar-refractivity contribution >= 4 is 21.8 Å². The number of hydrogen-bond donors (Lipinski definition) is 2. The van der Waals surface area contributed by atoms with Crippen molar-refractivity contribution in [3.05, 3.63) is 46.2 Å². The summed E-state index contributed by atoms with van der Waals surface area (Å²) in [7, 11) is 0. The zero-order valence-corrected chi connectivity index (χ0v) is 13.6. The number of aromatic nitrogens is 2. The molecular weight excluding hydrogens is 332 g/mol. The van der Waals surface area contributed by atoms with Crippen LogP contribution in [0.2, 0.25) is 0 Å². The van der Waals surface area contributed by atoms with Gasteiger partial charge in [0.25, 0.3) is 5.91 Å². The number of unbranched alkanes of at least 4 members (excludes halogenated alkanes) is 1. The molecule has 0 unspecified atom stereocenters. The first-order valence-corrected chi connectivity index (χ1v) is 7.71. The van der Waals surface area contributed by atoms with Crippen LogP contribution in [0.4, 0.5) is 0 Å². The summed E-state index contributed by atoms with van der Waals surface area (Å²) in [6.45, 7) is 3.18. The van der Waals surface area contributed by atoms with Gasteiger partial charge in [0.1, 0.15) is 0 Å². The third-order valence-electron chi connectivity index (χ3n) is 3.24. The Morgan fingerprint density at radius 1 is 1.33 bits per heavy atom. The van der Waals surface area contributed by atoms with Crippen molar-refractivity contribution in [2.45, 2.75) is 19.8 Å². The van der Waals surface area contributed by atoms with Crippen molar-refractivity contribution in [1.29, 1.82) is 0 Å². The average molecular weight is 351 g/mol. The summed E-state index contributed by atoms with van der Waals surface area (Å²) in [5, 5.41) is 7.19. The van der Waals surface area contributed by atoms with Crippen LogP contribution in [0.1, 0.15) is 28.9 Å². The Morgan fingerprint density at radius 2 is 2.05 bits per heavy atom. The van der Waals surface area contributed by atoms with Gasteiger partial charge in [-0.05, 0) is 50.6 Å². The second-order valence-electron chi connectivity index (χ2n) is 4.78. The fourth-order valence-electron chi connectivity index (χ4n) is 2.04. The molecule has 1 heterocycles. The second-order valence-corrected chi connectivity index (χ2v) is 5.70. The molecule has 0 aliphatic carbocycles. The van der Waals surface area contributed by atoms with Gasteiger partial charge < -0.3 is 11.1 Å². The molecule has 0 radical (unpaired) electrons. The number of halogens is 1. The third-order valence-corrected chi connectivity index (χ3v) is 3.77. The van der Waals surface area contributed by atoms with Crippen LogP contribution in [0.5, 0.6) is 0 Å². The summed E-state index contributed by atoms with van der Waals surface area (Å²) >= 11 is 3.40. The number of nitrogens with two attached hydrogens (primary N) is 1. The van der Waals surface area contributed by atoms with Crippen LogP contribution in [0.15, 0.2) is 34.9 Å². The van der Waals surface area contributed by atoms with Crippen LogP contribution in [0, 0.1) is 6.92 Å². The normalized spacial score (nSPS) is 10.6. The molecule has 0 fully saturated rings. The lowest BCUT2D eigenvalue weighted by molar-refractivity contribution is 0.0952. The second kappa shape index (κ2) is 7.38. The minimum Gasteiger partial charge on any atom is -0.352 e. The van der Waals surface area contributed by atoms with Crippen LogP contribution in [0.3, 0.4) is 0 Å². The van der Waals surface area contributed by atoms with E-state index in [1.807, 2.05) is 31.2 Å². The number of nitrogens with zero attached hydrogens (tertiary/aromatic N) is 2. The molecule has 6 heteroatoms. The monoisotopic (exact) mass is 350 g/mol. The van der Waals surface area contributed by atoms with Crippen LogP contribution in [0.25, 0.3) is 5.69 Å². The summed E-state index contributed by atoms with van der Waals surface area (Å²) in [6, 6.07) is 7.80. The quantitative estimate of drug-likeness (QED) is 0.785. The molecule has 0 spiro atoms. The van der Waals surface area contributed by atoms with Gasteiger partial charge in [-0.25, -0.2) is 4.68 Å². The topological polar surface area (TPSA) is 72.9 Å². The molecule has 1 aromatic carbocycles. The van der Waals surface area contributed by atoms with Crippen molar-refractivity contribution in [1.82, 2.24) is 15.1 Å². The Hall–Kier alpha value is -1.66. The molecule has 112 valence electrons. The van der Waals surface area contributed by atoms with Gasteiger partial charge in [-0.15, -0.1) is 0 Å². The first-order chi connectivity index (χ1) is 10.1. The molecule has 2 rings (SSSR count). The number of carbonyl (C=O) groups is 1. The van der Waals surface area contributed by atoms with E-state index in [0.29, 0.717) is 18.7 Å². The van der Waals surface area contributed by atoms with Gasteiger partial charge in [-0.1, -0.05) is 15.9 Å². The molecule has 1 aromatic heterocycles. The number of hydrogen-bond acceptors (Lipinski definition) is 3. The molecular formula is C15H19BrN4O. The van der Waals surface area contributed by atoms with Crippen LogP contribution in [-0.4, -0.2) is 28.8 Å². The Kier molecular flexibility index (Phi) is 5.52. The fraction of sp³-hybridized carbons (Fsp3) is 0.333.